The molecule has 0 aliphatic heterocycles. The molecule has 3 nitrogen and oxygen atoms in total. The molecule has 0 aliphatic rings. The molecule has 0 aliphatic carbocycles. The van der Waals surface area contributed by atoms with Gasteiger partial charge < -0.3 is 15.2 Å². The first kappa shape index (κ1) is 15.5. The second-order valence-electron chi connectivity index (χ2n) is 4.75. The summed E-state index contributed by atoms with van der Waals surface area (Å²) in [5.41, 5.74) is 0.417. The molecule has 102 valence electrons. The average molecular weight is 316 g/mol. The first-order valence-electron chi connectivity index (χ1n) is 6.24. The van der Waals surface area contributed by atoms with Gasteiger partial charge in [-0.3, -0.25) is 0 Å². The topological polar surface area (TPSA) is 41.5 Å². The van der Waals surface area contributed by atoms with E-state index in [0.29, 0.717) is 6.42 Å². The SMILES string of the molecule is CCNCCC(C)(O)Cc1ccc(OC)c(Br)c1. The molecule has 18 heavy (non-hydrogen) atoms. The molecular weight excluding hydrogens is 294 g/mol. The van der Waals surface area contributed by atoms with Crippen molar-refractivity contribution >= 4 is 15.9 Å². The first-order chi connectivity index (χ1) is 8.48. The Hall–Kier alpha value is -0.580. The van der Waals surface area contributed by atoms with Crippen LogP contribution in [0.25, 0.3) is 0 Å². The summed E-state index contributed by atoms with van der Waals surface area (Å²) in [6.07, 6.45) is 1.38. The molecule has 0 spiro atoms. The van der Waals surface area contributed by atoms with Crippen molar-refractivity contribution in [3.63, 3.8) is 0 Å². The largest absolute Gasteiger partial charge is 0.496 e. The number of methoxy groups -OCH3 is 1. The number of nitrogens with one attached hydrogen (secondary N) is 1. The summed E-state index contributed by atoms with van der Waals surface area (Å²) < 4.78 is 6.11. The van der Waals surface area contributed by atoms with Crippen LogP contribution in [0.15, 0.2) is 22.7 Å². The zero-order valence-electron chi connectivity index (χ0n) is 11.3. The van der Waals surface area contributed by atoms with Crippen LogP contribution in [-0.4, -0.2) is 30.9 Å². The number of ether oxygens (including phenoxy) is 1. The van der Waals surface area contributed by atoms with E-state index in [4.69, 9.17) is 4.74 Å². The summed E-state index contributed by atoms with van der Waals surface area (Å²) in [5, 5.41) is 13.6. The van der Waals surface area contributed by atoms with Gasteiger partial charge in [-0.15, -0.1) is 0 Å². The third-order valence-electron chi connectivity index (χ3n) is 2.89. The fourth-order valence-corrected chi connectivity index (χ4v) is 2.47. The molecule has 1 aromatic rings. The smallest absolute Gasteiger partial charge is 0.133 e. The standard InChI is InChI=1S/C14H22BrNO2/c1-4-16-8-7-14(2,17)10-11-5-6-13(18-3)12(15)9-11/h5-6,9,16-17H,4,7-8,10H2,1-3H3. The Morgan fingerprint density at radius 3 is 2.72 bits per heavy atom. The van der Waals surface area contributed by atoms with Crippen LogP contribution in [0.1, 0.15) is 25.8 Å². The second-order valence-corrected chi connectivity index (χ2v) is 5.60. The van der Waals surface area contributed by atoms with E-state index in [9.17, 15) is 5.11 Å². The van der Waals surface area contributed by atoms with Crippen LogP contribution in [0, 0.1) is 0 Å². The zero-order chi connectivity index (χ0) is 13.6. The number of halogens is 1. The molecule has 0 bridgehead atoms. The molecular formula is C14H22BrNO2. The van der Waals surface area contributed by atoms with E-state index < -0.39 is 5.60 Å². The van der Waals surface area contributed by atoms with Crippen LogP contribution in [0.2, 0.25) is 0 Å². The van der Waals surface area contributed by atoms with Crippen LogP contribution in [0.4, 0.5) is 0 Å². The third kappa shape index (κ3) is 4.96. The monoisotopic (exact) mass is 315 g/mol. The van der Waals surface area contributed by atoms with Gasteiger partial charge >= 0.3 is 0 Å². The average Bonchev–Trinajstić information content (AvgIpc) is 2.29. The van der Waals surface area contributed by atoms with Crippen molar-refractivity contribution < 1.29 is 9.84 Å². The van der Waals surface area contributed by atoms with Crippen LogP contribution in [0.3, 0.4) is 0 Å². The van der Waals surface area contributed by atoms with Gasteiger partial charge in [-0.05, 0) is 60.1 Å². The van der Waals surface area contributed by atoms with E-state index >= 15 is 0 Å². The van der Waals surface area contributed by atoms with Crippen molar-refractivity contribution in [2.75, 3.05) is 20.2 Å². The molecule has 0 saturated carbocycles. The van der Waals surface area contributed by atoms with Gasteiger partial charge in [-0.1, -0.05) is 13.0 Å². The maximum Gasteiger partial charge on any atom is 0.133 e. The molecule has 1 atom stereocenters. The van der Waals surface area contributed by atoms with Crippen LogP contribution in [0.5, 0.6) is 5.75 Å². The highest BCUT2D eigenvalue weighted by atomic mass is 79.9. The zero-order valence-corrected chi connectivity index (χ0v) is 12.9. The third-order valence-corrected chi connectivity index (χ3v) is 3.51. The highest BCUT2D eigenvalue weighted by molar-refractivity contribution is 9.10. The molecule has 2 N–H and O–H groups in total. The molecule has 1 rings (SSSR count). The van der Waals surface area contributed by atoms with Gasteiger partial charge in [-0.2, -0.15) is 0 Å². The molecule has 1 unspecified atom stereocenters. The lowest BCUT2D eigenvalue weighted by atomic mass is 9.93. The Labute approximate surface area is 118 Å². The van der Waals surface area contributed by atoms with E-state index in [1.165, 1.54) is 0 Å². The summed E-state index contributed by atoms with van der Waals surface area (Å²) in [5.74, 6) is 0.811. The first-order valence-corrected chi connectivity index (χ1v) is 7.03. The number of hydrogen-bond donors (Lipinski definition) is 2. The molecule has 4 heteroatoms. The number of hydrogen-bond acceptors (Lipinski definition) is 3. The van der Waals surface area contributed by atoms with Crippen molar-refractivity contribution in [1.82, 2.24) is 5.32 Å². The maximum absolute atomic E-state index is 10.3. The van der Waals surface area contributed by atoms with Crippen molar-refractivity contribution in [1.29, 1.82) is 0 Å². The lowest BCUT2D eigenvalue weighted by Crippen LogP contribution is -2.32. The van der Waals surface area contributed by atoms with Crippen molar-refractivity contribution in [2.45, 2.75) is 32.3 Å². The Bertz CT molecular complexity index is 380. The fourth-order valence-electron chi connectivity index (χ4n) is 1.88. The summed E-state index contributed by atoms with van der Waals surface area (Å²) in [7, 11) is 1.65. The molecule has 0 fully saturated rings. The van der Waals surface area contributed by atoms with Gasteiger partial charge in [-0.25, -0.2) is 0 Å². The maximum atomic E-state index is 10.3. The molecule has 1 aromatic carbocycles. The lowest BCUT2D eigenvalue weighted by molar-refractivity contribution is 0.0517. The van der Waals surface area contributed by atoms with E-state index in [1.54, 1.807) is 7.11 Å². The predicted molar refractivity (Wildman–Crippen MR) is 78.2 cm³/mol. The van der Waals surface area contributed by atoms with Crippen molar-refractivity contribution in [3.05, 3.63) is 28.2 Å². The minimum atomic E-state index is -0.684. The molecule has 0 heterocycles. The van der Waals surface area contributed by atoms with E-state index in [-0.39, 0.29) is 0 Å². The van der Waals surface area contributed by atoms with Gasteiger partial charge in [0, 0.05) is 6.42 Å². The van der Waals surface area contributed by atoms with Gasteiger partial charge in [0.05, 0.1) is 17.2 Å². The quantitative estimate of drug-likeness (QED) is 0.760. The minimum absolute atomic E-state index is 0.640. The molecule has 0 radical (unpaired) electrons. The van der Waals surface area contributed by atoms with Crippen LogP contribution < -0.4 is 10.1 Å². The Kier molecular flexibility index (Phi) is 6.12. The van der Waals surface area contributed by atoms with E-state index in [2.05, 4.69) is 28.2 Å². The molecule has 0 amide bonds. The number of rotatable bonds is 7. The number of aliphatic hydroxyl groups is 1. The summed E-state index contributed by atoms with van der Waals surface area (Å²) in [6.45, 7) is 5.71. The minimum Gasteiger partial charge on any atom is -0.496 e. The van der Waals surface area contributed by atoms with Crippen molar-refractivity contribution in [3.8, 4) is 5.75 Å². The Morgan fingerprint density at radius 1 is 1.44 bits per heavy atom. The van der Waals surface area contributed by atoms with Crippen LogP contribution >= 0.6 is 15.9 Å². The summed E-state index contributed by atoms with van der Waals surface area (Å²) >= 11 is 3.46. The van der Waals surface area contributed by atoms with E-state index in [1.807, 2.05) is 25.1 Å². The molecule has 0 saturated heterocycles. The Balaban J connectivity index is 2.62. The normalized spacial score (nSPS) is 14.3. The summed E-state index contributed by atoms with van der Waals surface area (Å²) in [4.78, 5) is 0. The predicted octanol–water partition coefficient (Wildman–Crippen LogP) is 2.75. The molecule has 0 aromatic heterocycles. The fraction of sp³-hybridized carbons (Fsp3) is 0.571. The van der Waals surface area contributed by atoms with Crippen molar-refractivity contribution in [2.24, 2.45) is 0 Å². The highest BCUT2D eigenvalue weighted by Gasteiger charge is 2.20. The van der Waals surface area contributed by atoms with Gasteiger partial charge in [0.15, 0.2) is 0 Å². The highest BCUT2D eigenvalue weighted by Crippen LogP contribution is 2.27. The van der Waals surface area contributed by atoms with E-state index in [0.717, 1.165) is 35.3 Å². The van der Waals surface area contributed by atoms with Crippen LogP contribution in [-0.2, 0) is 6.42 Å². The second kappa shape index (κ2) is 7.12. The van der Waals surface area contributed by atoms with Gasteiger partial charge in [0.25, 0.3) is 0 Å². The summed E-state index contributed by atoms with van der Waals surface area (Å²) in [6, 6.07) is 5.91. The van der Waals surface area contributed by atoms with Gasteiger partial charge in [0.1, 0.15) is 5.75 Å². The number of benzene rings is 1. The lowest BCUT2D eigenvalue weighted by Gasteiger charge is -2.23. The van der Waals surface area contributed by atoms with Gasteiger partial charge in [0.2, 0.25) is 0 Å². The Morgan fingerprint density at radius 2 is 2.17 bits per heavy atom.